The molecule has 6 nitrogen and oxygen atoms in total. The van der Waals surface area contributed by atoms with Gasteiger partial charge in [-0.05, 0) is 25.0 Å². The summed E-state index contributed by atoms with van der Waals surface area (Å²) in [4.78, 5) is 31.9. The first-order valence-corrected chi connectivity index (χ1v) is 8.41. The highest BCUT2D eigenvalue weighted by Crippen LogP contribution is 2.19. The lowest BCUT2D eigenvalue weighted by Gasteiger charge is -2.39. The number of aromatic nitrogens is 1. The molecule has 2 fully saturated rings. The Morgan fingerprint density at radius 3 is 2.39 bits per heavy atom. The average Bonchev–Trinajstić information content (AvgIpc) is 2.79. The Morgan fingerprint density at radius 2 is 1.83 bits per heavy atom. The molecule has 0 spiro atoms. The van der Waals surface area contributed by atoms with Gasteiger partial charge in [-0.1, -0.05) is 12.8 Å². The molecule has 1 N–H and O–H groups in total. The van der Waals surface area contributed by atoms with Crippen LogP contribution in [0.5, 0.6) is 0 Å². The van der Waals surface area contributed by atoms with Gasteiger partial charge in [0.2, 0.25) is 5.91 Å². The molecule has 23 heavy (non-hydrogen) atoms. The molecule has 1 aromatic heterocycles. The number of hydrogen-bond donors (Lipinski definition) is 1. The van der Waals surface area contributed by atoms with Gasteiger partial charge in [0.05, 0.1) is 11.6 Å². The van der Waals surface area contributed by atoms with E-state index in [4.69, 9.17) is 0 Å². The highest BCUT2D eigenvalue weighted by atomic mass is 16.2. The quantitative estimate of drug-likeness (QED) is 0.916. The molecular formula is C17H24N4O2. The minimum absolute atomic E-state index is 0.0125. The van der Waals surface area contributed by atoms with Crippen molar-refractivity contribution in [1.29, 1.82) is 0 Å². The predicted octanol–water partition coefficient (Wildman–Crippen LogP) is 1.42. The zero-order valence-electron chi connectivity index (χ0n) is 13.6. The van der Waals surface area contributed by atoms with Crippen molar-refractivity contribution in [3.05, 3.63) is 23.9 Å². The van der Waals surface area contributed by atoms with E-state index >= 15 is 0 Å². The Bertz CT molecular complexity index is 558. The van der Waals surface area contributed by atoms with Crippen LogP contribution in [-0.2, 0) is 4.79 Å². The van der Waals surface area contributed by atoms with Crippen LogP contribution >= 0.6 is 0 Å². The summed E-state index contributed by atoms with van der Waals surface area (Å²) in [6.45, 7) is 4.74. The van der Waals surface area contributed by atoms with Crippen molar-refractivity contribution in [1.82, 2.24) is 15.2 Å². The van der Waals surface area contributed by atoms with Gasteiger partial charge in [-0.3, -0.25) is 9.59 Å². The number of hydrogen-bond acceptors (Lipinski definition) is 4. The molecule has 1 aromatic rings. The smallest absolute Gasteiger partial charge is 0.255 e. The Morgan fingerprint density at radius 1 is 1.13 bits per heavy atom. The van der Waals surface area contributed by atoms with Crippen LogP contribution in [0.1, 0.15) is 43.0 Å². The van der Waals surface area contributed by atoms with Crippen molar-refractivity contribution in [3.63, 3.8) is 0 Å². The van der Waals surface area contributed by atoms with Gasteiger partial charge in [0, 0.05) is 39.3 Å². The fraction of sp³-hybridized carbons (Fsp3) is 0.588. The van der Waals surface area contributed by atoms with Crippen molar-refractivity contribution < 1.29 is 9.59 Å². The number of likely N-dealkylation sites (tertiary alicyclic amines) is 1. The topological polar surface area (TPSA) is 65.5 Å². The minimum atomic E-state index is -0.0504. The molecule has 0 aromatic carbocycles. The van der Waals surface area contributed by atoms with Crippen LogP contribution in [0.3, 0.4) is 0 Å². The summed E-state index contributed by atoms with van der Waals surface area (Å²) in [5.74, 6) is 0.898. The molecule has 124 valence electrons. The van der Waals surface area contributed by atoms with Crippen molar-refractivity contribution in [2.24, 2.45) is 0 Å². The summed E-state index contributed by atoms with van der Waals surface area (Å²) in [6.07, 6.45) is 6.67. The van der Waals surface area contributed by atoms with Crippen LogP contribution in [0, 0.1) is 0 Å². The molecule has 2 aliphatic rings. The van der Waals surface area contributed by atoms with Crippen LogP contribution in [0.15, 0.2) is 18.3 Å². The van der Waals surface area contributed by atoms with Crippen LogP contribution in [0.2, 0.25) is 0 Å². The lowest BCUT2D eigenvalue weighted by Crippen LogP contribution is -2.60. The molecule has 0 aliphatic carbocycles. The lowest BCUT2D eigenvalue weighted by atomic mass is 10.1. The first kappa shape index (κ1) is 15.8. The maximum atomic E-state index is 12.4. The van der Waals surface area contributed by atoms with Crippen molar-refractivity contribution in [3.8, 4) is 0 Å². The van der Waals surface area contributed by atoms with Gasteiger partial charge in [0.1, 0.15) is 5.82 Å². The fourth-order valence-electron chi connectivity index (χ4n) is 3.21. The zero-order chi connectivity index (χ0) is 16.2. The van der Waals surface area contributed by atoms with E-state index in [1.54, 1.807) is 11.1 Å². The van der Waals surface area contributed by atoms with E-state index in [9.17, 15) is 9.59 Å². The number of anilines is 1. The van der Waals surface area contributed by atoms with E-state index in [0.717, 1.165) is 18.9 Å². The third-order valence-corrected chi connectivity index (χ3v) is 4.50. The largest absolute Gasteiger partial charge is 0.357 e. The van der Waals surface area contributed by atoms with Crippen LogP contribution in [0.25, 0.3) is 0 Å². The molecule has 3 heterocycles. The Balaban J connectivity index is 1.57. The lowest BCUT2D eigenvalue weighted by molar-refractivity contribution is -0.120. The molecule has 0 radical (unpaired) electrons. The molecule has 2 saturated heterocycles. The number of rotatable bonds is 3. The van der Waals surface area contributed by atoms with Gasteiger partial charge in [-0.25, -0.2) is 4.98 Å². The van der Waals surface area contributed by atoms with E-state index in [1.807, 2.05) is 12.1 Å². The van der Waals surface area contributed by atoms with Gasteiger partial charge in [0.15, 0.2) is 0 Å². The molecule has 0 bridgehead atoms. The summed E-state index contributed by atoms with van der Waals surface area (Å²) in [5.41, 5.74) is 0.616. The van der Waals surface area contributed by atoms with E-state index in [0.29, 0.717) is 18.7 Å². The third kappa shape index (κ3) is 3.81. The van der Waals surface area contributed by atoms with Gasteiger partial charge in [-0.2, -0.15) is 0 Å². The van der Waals surface area contributed by atoms with Crippen molar-refractivity contribution in [2.75, 3.05) is 31.1 Å². The molecule has 0 atom stereocenters. The van der Waals surface area contributed by atoms with E-state index < -0.39 is 0 Å². The Kier molecular flexibility index (Phi) is 4.79. The molecule has 0 saturated carbocycles. The van der Waals surface area contributed by atoms with Gasteiger partial charge in [-0.15, -0.1) is 0 Å². The number of carbonyl (C=O) groups excluding carboxylic acids is 2. The van der Waals surface area contributed by atoms with Gasteiger partial charge >= 0.3 is 0 Å². The maximum absolute atomic E-state index is 12.4. The van der Waals surface area contributed by atoms with Gasteiger partial charge in [0.25, 0.3) is 5.91 Å². The second-order valence-corrected chi connectivity index (χ2v) is 6.41. The molecule has 2 aliphatic heterocycles. The highest BCUT2D eigenvalue weighted by Gasteiger charge is 2.31. The van der Waals surface area contributed by atoms with Crippen LogP contribution < -0.4 is 10.2 Å². The molecule has 6 heteroatoms. The second-order valence-electron chi connectivity index (χ2n) is 6.41. The van der Waals surface area contributed by atoms with E-state index in [-0.39, 0.29) is 17.9 Å². The fourth-order valence-corrected chi connectivity index (χ4v) is 3.21. The standard InChI is InChI=1S/C17H24N4O2/c1-13(22)19-15-11-21(12-15)17(23)14-6-7-16(18-10-14)20-8-4-2-3-5-9-20/h6-7,10,15H,2-5,8-9,11-12H2,1H3,(H,19,22). The number of pyridine rings is 1. The number of carbonyl (C=O) groups is 2. The monoisotopic (exact) mass is 316 g/mol. The number of amides is 2. The zero-order valence-corrected chi connectivity index (χ0v) is 13.6. The summed E-state index contributed by atoms with van der Waals surface area (Å²) >= 11 is 0. The summed E-state index contributed by atoms with van der Waals surface area (Å²) in [5, 5.41) is 2.82. The molecule has 3 rings (SSSR count). The van der Waals surface area contributed by atoms with Crippen molar-refractivity contribution >= 4 is 17.6 Å². The Hall–Kier alpha value is -2.11. The molecule has 0 unspecified atom stereocenters. The first-order valence-electron chi connectivity index (χ1n) is 8.41. The Labute approximate surface area is 136 Å². The van der Waals surface area contributed by atoms with Gasteiger partial charge < -0.3 is 15.1 Å². The normalized spacial score (nSPS) is 19.0. The summed E-state index contributed by atoms with van der Waals surface area (Å²) in [6, 6.07) is 3.89. The second kappa shape index (κ2) is 6.98. The third-order valence-electron chi connectivity index (χ3n) is 4.50. The maximum Gasteiger partial charge on any atom is 0.255 e. The minimum Gasteiger partial charge on any atom is -0.357 e. The summed E-state index contributed by atoms with van der Waals surface area (Å²) in [7, 11) is 0. The molecule has 2 amide bonds. The molecular weight excluding hydrogens is 292 g/mol. The SMILES string of the molecule is CC(=O)NC1CN(C(=O)c2ccc(N3CCCCCC3)nc2)C1. The highest BCUT2D eigenvalue weighted by molar-refractivity contribution is 5.94. The van der Waals surface area contributed by atoms with E-state index in [1.165, 1.54) is 32.6 Å². The van der Waals surface area contributed by atoms with Crippen molar-refractivity contribution in [2.45, 2.75) is 38.6 Å². The van der Waals surface area contributed by atoms with E-state index in [2.05, 4.69) is 15.2 Å². The summed E-state index contributed by atoms with van der Waals surface area (Å²) < 4.78 is 0. The number of nitrogens with one attached hydrogen (secondary N) is 1. The first-order chi connectivity index (χ1) is 11.1. The number of nitrogens with zero attached hydrogens (tertiary/aromatic N) is 3. The van der Waals surface area contributed by atoms with Crippen LogP contribution in [-0.4, -0.2) is 53.9 Å². The van der Waals surface area contributed by atoms with Crippen LogP contribution in [0.4, 0.5) is 5.82 Å². The predicted molar refractivity (Wildman–Crippen MR) is 88.4 cm³/mol. The average molecular weight is 316 g/mol.